The lowest BCUT2D eigenvalue weighted by Crippen LogP contribution is -2.38. The van der Waals surface area contributed by atoms with E-state index >= 15 is 0 Å². The normalized spacial score (nSPS) is 12.9. The minimum atomic E-state index is -0.936. The summed E-state index contributed by atoms with van der Waals surface area (Å²) < 4.78 is 5.25. The predicted molar refractivity (Wildman–Crippen MR) is 100.0 cm³/mol. The first-order chi connectivity index (χ1) is 12.4. The minimum absolute atomic E-state index is 0.0173. The van der Waals surface area contributed by atoms with Crippen LogP contribution in [-0.4, -0.2) is 23.1 Å². The topological polar surface area (TPSA) is 75.6 Å². The van der Waals surface area contributed by atoms with Crippen LogP contribution in [0.1, 0.15) is 54.2 Å². The molecule has 2 unspecified atom stereocenters. The van der Waals surface area contributed by atoms with Crippen molar-refractivity contribution in [3.8, 4) is 5.75 Å². The fourth-order valence-corrected chi connectivity index (χ4v) is 2.60. The van der Waals surface area contributed by atoms with Crippen molar-refractivity contribution in [1.82, 2.24) is 5.32 Å². The Morgan fingerprint density at radius 1 is 1.15 bits per heavy atom. The van der Waals surface area contributed by atoms with Crippen LogP contribution in [0.4, 0.5) is 0 Å². The molecule has 26 heavy (non-hydrogen) atoms. The molecule has 0 aliphatic heterocycles. The SMILES string of the molecule is CCCC(NC(=O)C(C)OC(=O)c1ccc(C)c(O)c1)c1ccccc1. The number of nitrogens with one attached hydrogen (secondary N) is 1. The van der Waals surface area contributed by atoms with Gasteiger partial charge in [-0.25, -0.2) is 4.79 Å². The number of carbonyl (C=O) groups is 2. The van der Waals surface area contributed by atoms with Crippen molar-refractivity contribution in [3.63, 3.8) is 0 Å². The highest BCUT2D eigenvalue weighted by Gasteiger charge is 2.22. The summed E-state index contributed by atoms with van der Waals surface area (Å²) in [5, 5.41) is 12.7. The van der Waals surface area contributed by atoms with Gasteiger partial charge in [0.25, 0.3) is 5.91 Å². The van der Waals surface area contributed by atoms with Gasteiger partial charge in [0.2, 0.25) is 0 Å². The van der Waals surface area contributed by atoms with E-state index in [0.717, 1.165) is 18.4 Å². The largest absolute Gasteiger partial charge is 0.508 e. The molecule has 5 nitrogen and oxygen atoms in total. The lowest BCUT2D eigenvalue weighted by atomic mass is 10.0. The Hall–Kier alpha value is -2.82. The molecule has 0 saturated carbocycles. The van der Waals surface area contributed by atoms with E-state index in [1.165, 1.54) is 13.0 Å². The second-order valence-corrected chi connectivity index (χ2v) is 6.31. The van der Waals surface area contributed by atoms with Gasteiger partial charge in [-0.15, -0.1) is 0 Å². The molecule has 0 spiro atoms. The highest BCUT2D eigenvalue weighted by Crippen LogP contribution is 2.20. The van der Waals surface area contributed by atoms with Gasteiger partial charge in [-0.05, 0) is 43.5 Å². The molecule has 0 aromatic heterocycles. The average molecular weight is 355 g/mol. The van der Waals surface area contributed by atoms with Gasteiger partial charge in [0.15, 0.2) is 6.10 Å². The number of carbonyl (C=O) groups excluding carboxylic acids is 2. The molecule has 2 N–H and O–H groups in total. The van der Waals surface area contributed by atoms with E-state index in [2.05, 4.69) is 12.2 Å². The molecule has 0 bridgehead atoms. The quantitative estimate of drug-likeness (QED) is 0.739. The van der Waals surface area contributed by atoms with E-state index in [9.17, 15) is 14.7 Å². The molecule has 0 radical (unpaired) electrons. The van der Waals surface area contributed by atoms with Crippen LogP contribution in [-0.2, 0) is 9.53 Å². The third kappa shape index (κ3) is 5.09. The van der Waals surface area contributed by atoms with Crippen LogP contribution < -0.4 is 5.32 Å². The van der Waals surface area contributed by atoms with Crippen molar-refractivity contribution in [3.05, 3.63) is 65.2 Å². The summed E-state index contributed by atoms with van der Waals surface area (Å²) >= 11 is 0. The van der Waals surface area contributed by atoms with Crippen molar-refractivity contribution < 1.29 is 19.4 Å². The molecule has 2 aromatic carbocycles. The lowest BCUT2D eigenvalue weighted by molar-refractivity contribution is -0.129. The number of hydrogen-bond donors (Lipinski definition) is 2. The van der Waals surface area contributed by atoms with Gasteiger partial charge < -0.3 is 15.2 Å². The molecule has 0 fully saturated rings. The number of hydrogen-bond acceptors (Lipinski definition) is 4. The average Bonchev–Trinajstić information content (AvgIpc) is 2.64. The Morgan fingerprint density at radius 2 is 1.85 bits per heavy atom. The summed E-state index contributed by atoms with van der Waals surface area (Å²) in [7, 11) is 0. The van der Waals surface area contributed by atoms with Crippen LogP contribution in [0.15, 0.2) is 48.5 Å². The van der Waals surface area contributed by atoms with Crippen LogP contribution in [0.25, 0.3) is 0 Å². The number of rotatable bonds is 7. The molecule has 0 aliphatic carbocycles. The van der Waals surface area contributed by atoms with E-state index in [0.29, 0.717) is 5.56 Å². The summed E-state index contributed by atoms with van der Waals surface area (Å²) in [6, 6.07) is 14.1. The molecule has 2 atom stereocenters. The molecule has 138 valence electrons. The molecule has 5 heteroatoms. The highest BCUT2D eigenvalue weighted by molar-refractivity contribution is 5.92. The fraction of sp³-hybridized carbons (Fsp3) is 0.333. The number of esters is 1. The number of phenolic OH excluding ortho intramolecular Hbond substituents is 1. The summed E-state index contributed by atoms with van der Waals surface area (Å²) in [4.78, 5) is 24.6. The summed E-state index contributed by atoms with van der Waals surface area (Å²) in [5.41, 5.74) is 1.89. The van der Waals surface area contributed by atoms with Crippen molar-refractivity contribution in [2.45, 2.75) is 45.8 Å². The zero-order valence-electron chi connectivity index (χ0n) is 15.4. The highest BCUT2D eigenvalue weighted by atomic mass is 16.5. The predicted octanol–water partition coefficient (Wildman–Crippen LogP) is 3.90. The van der Waals surface area contributed by atoms with Crippen LogP contribution in [0.3, 0.4) is 0 Å². The van der Waals surface area contributed by atoms with Crippen molar-refractivity contribution >= 4 is 11.9 Å². The number of phenols is 1. The fourth-order valence-electron chi connectivity index (χ4n) is 2.60. The number of aromatic hydroxyl groups is 1. The zero-order valence-corrected chi connectivity index (χ0v) is 15.4. The monoisotopic (exact) mass is 355 g/mol. The maximum atomic E-state index is 12.5. The zero-order chi connectivity index (χ0) is 19.1. The Balaban J connectivity index is 2.01. The van der Waals surface area contributed by atoms with Crippen LogP contribution in [0.2, 0.25) is 0 Å². The third-order valence-corrected chi connectivity index (χ3v) is 4.19. The van der Waals surface area contributed by atoms with E-state index < -0.39 is 12.1 Å². The van der Waals surface area contributed by atoms with Crippen LogP contribution in [0.5, 0.6) is 5.75 Å². The standard InChI is InChI=1S/C21H25NO4/c1-4-8-18(16-9-6-5-7-10-16)22-20(24)15(3)26-21(25)17-12-11-14(2)19(23)13-17/h5-7,9-13,15,18,23H,4,8H2,1-3H3,(H,22,24). The van der Waals surface area contributed by atoms with Gasteiger partial charge in [0.05, 0.1) is 11.6 Å². The molecule has 0 heterocycles. The maximum Gasteiger partial charge on any atom is 0.339 e. The van der Waals surface area contributed by atoms with E-state index in [1.807, 2.05) is 30.3 Å². The molecule has 2 aromatic rings. The summed E-state index contributed by atoms with van der Waals surface area (Å²) in [6.45, 7) is 5.32. The van der Waals surface area contributed by atoms with E-state index in [-0.39, 0.29) is 23.3 Å². The summed E-state index contributed by atoms with van der Waals surface area (Å²) in [6.07, 6.45) is 0.771. The molecule has 0 aliphatic rings. The van der Waals surface area contributed by atoms with E-state index in [4.69, 9.17) is 4.74 Å². The first kappa shape index (κ1) is 19.5. The number of aryl methyl sites for hydroxylation is 1. The number of amides is 1. The van der Waals surface area contributed by atoms with Gasteiger partial charge in [0, 0.05) is 0 Å². The molecule has 1 amide bonds. The third-order valence-electron chi connectivity index (χ3n) is 4.19. The number of ether oxygens (including phenoxy) is 1. The second-order valence-electron chi connectivity index (χ2n) is 6.31. The maximum absolute atomic E-state index is 12.5. The van der Waals surface area contributed by atoms with Crippen molar-refractivity contribution in [2.75, 3.05) is 0 Å². The first-order valence-electron chi connectivity index (χ1n) is 8.78. The summed E-state index contributed by atoms with van der Waals surface area (Å²) in [5.74, 6) is -0.977. The molecular formula is C21H25NO4. The Morgan fingerprint density at radius 3 is 2.46 bits per heavy atom. The Labute approximate surface area is 154 Å². The van der Waals surface area contributed by atoms with Gasteiger partial charge >= 0.3 is 5.97 Å². The van der Waals surface area contributed by atoms with Crippen molar-refractivity contribution in [2.24, 2.45) is 0 Å². The Kier molecular flexibility index (Phi) is 6.78. The first-order valence-corrected chi connectivity index (χ1v) is 8.78. The van der Waals surface area contributed by atoms with Gasteiger partial charge in [0.1, 0.15) is 5.75 Å². The molecular weight excluding hydrogens is 330 g/mol. The lowest BCUT2D eigenvalue weighted by Gasteiger charge is -2.21. The molecule has 0 saturated heterocycles. The minimum Gasteiger partial charge on any atom is -0.508 e. The number of benzene rings is 2. The van der Waals surface area contributed by atoms with Crippen LogP contribution >= 0.6 is 0 Å². The van der Waals surface area contributed by atoms with Gasteiger partial charge in [-0.3, -0.25) is 4.79 Å². The van der Waals surface area contributed by atoms with E-state index in [1.54, 1.807) is 19.1 Å². The van der Waals surface area contributed by atoms with Gasteiger partial charge in [-0.1, -0.05) is 49.7 Å². The smallest absolute Gasteiger partial charge is 0.339 e. The van der Waals surface area contributed by atoms with Crippen molar-refractivity contribution in [1.29, 1.82) is 0 Å². The Bertz CT molecular complexity index is 758. The van der Waals surface area contributed by atoms with Crippen LogP contribution in [0, 0.1) is 6.92 Å². The van der Waals surface area contributed by atoms with Gasteiger partial charge in [-0.2, -0.15) is 0 Å². The second kappa shape index (κ2) is 9.04. The molecule has 2 rings (SSSR count).